The van der Waals surface area contributed by atoms with Crippen LogP contribution in [0.4, 0.5) is 11.4 Å². The maximum Gasteiger partial charge on any atom is 0.244 e. The quantitative estimate of drug-likeness (QED) is 0.622. The monoisotopic (exact) mass is 382 g/mol. The molecule has 29 heavy (non-hydrogen) atoms. The highest BCUT2D eigenvalue weighted by Crippen LogP contribution is 2.53. The van der Waals surface area contributed by atoms with Crippen LogP contribution in [-0.2, 0) is 9.59 Å². The van der Waals surface area contributed by atoms with Crippen molar-refractivity contribution in [2.75, 3.05) is 9.80 Å². The lowest BCUT2D eigenvalue weighted by Crippen LogP contribution is -2.73. The average molecular weight is 382 g/mol. The summed E-state index contributed by atoms with van der Waals surface area (Å²) in [4.78, 5) is 31.1. The lowest BCUT2D eigenvalue weighted by Gasteiger charge is -2.58. The number of benzene rings is 3. The first-order chi connectivity index (χ1) is 14.1. The predicted molar refractivity (Wildman–Crippen MR) is 114 cm³/mol. The first-order valence-corrected chi connectivity index (χ1v) is 9.94. The van der Waals surface area contributed by atoms with Crippen LogP contribution in [0.15, 0.2) is 91.0 Å². The van der Waals surface area contributed by atoms with Crippen molar-refractivity contribution in [2.45, 2.75) is 25.4 Å². The van der Waals surface area contributed by atoms with Crippen molar-refractivity contribution in [3.05, 3.63) is 96.6 Å². The summed E-state index contributed by atoms with van der Waals surface area (Å²) in [5.41, 5.74) is 1.55. The third-order valence-corrected chi connectivity index (χ3v) is 6.34. The van der Waals surface area contributed by atoms with Crippen LogP contribution < -0.4 is 9.80 Å². The maximum absolute atomic E-state index is 13.8. The van der Waals surface area contributed by atoms with E-state index in [2.05, 4.69) is 0 Å². The van der Waals surface area contributed by atoms with Crippen LogP contribution in [0.1, 0.15) is 24.8 Å². The number of fused-ring (bicyclic) bond motifs is 3. The maximum atomic E-state index is 13.8. The van der Waals surface area contributed by atoms with Gasteiger partial charge in [0.25, 0.3) is 0 Å². The van der Waals surface area contributed by atoms with Crippen LogP contribution >= 0.6 is 0 Å². The number of amides is 2. The number of para-hydroxylation sites is 2. The van der Waals surface area contributed by atoms with Crippen molar-refractivity contribution in [3.63, 3.8) is 0 Å². The lowest BCUT2D eigenvalue weighted by atomic mass is 9.63. The predicted octanol–water partition coefficient (Wildman–Crippen LogP) is 4.59. The zero-order chi connectivity index (χ0) is 20.0. The van der Waals surface area contributed by atoms with Gasteiger partial charge in [0.05, 0.1) is 0 Å². The molecule has 0 aliphatic carbocycles. The molecule has 6 rings (SSSR count). The van der Waals surface area contributed by atoms with Gasteiger partial charge in [-0.3, -0.25) is 19.4 Å². The summed E-state index contributed by atoms with van der Waals surface area (Å²) in [6.45, 7) is 1.82. The Bertz CT molecular complexity index is 990. The summed E-state index contributed by atoms with van der Waals surface area (Å²) in [5.74, 6) is -0.384. The fraction of sp³-hybridized carbons (Fsp3) is 0.200. The molecular weight excluding hydrogens is 360 g/mol. The number of anilines is 2. The van der Waals surface area contributed by atoms with Gasteiger partial charge >= 0.3 is 0 Å². The standard InChI is InChI=1S/C25H22N2O2/c1-25-21(18-11-5-2-6-12-18)17-22(26(23(25)28)19-13-7-3-8-14-19)27(24(25)29)20-15-9-4-10-16-20/h2-16,21-22H,17H2,1H3. The molecule has 3 aromatic carbocycles. The Labute approximate surface area is 170 Å². The smallest absolute Gasteiger partial charge is 0.244 e. The van der Waals surface area contributed by atoms with Crippen LogP contribution in [0.3, 0.4) is 0 Å². The fourth-order valence-corrected chi connectivity index (χ4v) is 4.84. The van der Waals surface area contributed by atoms with Gasteiger partial charge in [0.2, 0.25) is 11.8 Å². The highest BCUT2D eigenvalue weighted by Gasteiger charge is 2.64. The second kappa shape index (κ2) is 6.59. The fourth-order valence-electron chi connectivity index (χ4n) is 4.84. The number of piperidine rings is 2. The van der Waals surface area contributed by atoms with Gasteiger partial charge in [-0.25, -0.2) is 0 Å². The number of carbonyl (C=O) groups is 2. The molecule has 0 saturated carbocycles. The third-order valence-electron chi connectivity index (χ3n) is 6.34. The Kier molecular flexibility index (Phi) is 4.02. The van der Waals surface area contributed by atoms with E-state index < -0.39 is 5.41 Å². The molecular formula is C25H22N2O2. The number of carbonyl (C=O) groups excluding carboxylic acids is 2. The molecule has 0 N–H and O–H groups in total. The summed E-state index contributed by atoms with van der Waals surface area (Å²) in [6.07, 6.45) is 0.341. The number of nitrogens with zero attached hydrogens (tertiary/aromatic N) is 2. The van der Waals surface area contributed by atoms with Gasteiger partial charge in [-0.15, -0.1) is 0 Å². The topological polar surface area (TPSA) is 40.6 Å². The minimum absolute atomic E-state index is 0.119. The van der Waals surface area contributed by atoms with E-state index in [1.54, 1.807) is 0 Å². The van der Waals surface area contributed by atoms with Gasteiger partial charge in [0.15, 0.2) is 0 Å². The van der Waals surface area contributed by atoms with Crippen molar-refractivity contribution in [1.29, 1.82) is 0 Å². The first-order valence-electron chi connectivity index (χ1n) is 9.94. The molecule has 4 nitrogen and oxygen atoms in total. The Balaban J connectivity index is 1.68. The molecule has 2 bridgehead atoms. The van der Waals surface area contributed by atoms with E-state index in [0.29, 0.717) is 6.42 Å². The molecule has 3 saturated heterocycles. The molecule has 3 heterocycles. The second-order valence-corrected chi connectivity index (χ2v) is 7.90. The molecule has 1 unspecified atom stereocenters. The summed E-state index contributed by atoms with van der Waals surface area (Å²) in [6, 6.07) is 29.3. The SMILES string of the molecule is CC12C(=O)N(c3ccccc3)C(CC1c1ccccc1)N(c1ccccc1)C2=O. The van der Waals surface area contributed by atoms with Crippen molar-refractivity contribution >= 4 is 23.2 Å². The van der Waals surface area contributed by atoms with E-state index in [1.807, 2.05) is 108 Å². The van der Waals surface area contributed by atoms with Gasteiger partial charge in [-0.1, -0.05) is 66.7 Å². The number of hydrogen-bond acceptors (Lipinski definition) is 2. The molecule has 3 aliphatic rings. The van der Waals surface area contributed by atoms with Crippen molar-refractivity contribution < 1.29 is 9.59 Å². The van der Waals surface area contributed by atoms with Gasteiger partial charge < -0.3 is 0 Å². The highest BCUT2D eigenvalue weighted by atomic mass is 16.2. The van der Waals surface area contributed by atoms with E-state index in [0.717, 1.165) is 16.9 Å². The molecule has 3 aliphatic heterocycles. The molecule has 3 fully saturated rings. The first kappa shape index (κ1) is 17.7. The minimum Gasteiger partial charge on any atom is -0.290 e. The van der Waals surface area contributed by atoms with Crippen molar-refractivity contribution in [2.24, 2.45) is 5.41 Å². The molecule has 0 radical (unpaired) electrons. The molecule has 4 heteroatoms. The van der Waals surface area contributed by atoms with Crippen molar-refractivity contribution in [3.8, 4) is 0 Å². The van der Waals surface area contributed by atoms with Crippen LogP contribution in [0.2, 0.25) is 0 Å². The van der Waals surface area contributed by atoms with Crippen LogP contribution in [0.25, 0.3) is 0 Å². The summed E-state index contributed by atoms with van der Waals surface area (Å²) < 4.78 is 0. The Morgan fingerprint density at radius 1 is 0.690 bits per heavy atom. The van der Waals surface area contributed by atoms with Gasteiger partial charge in [-0.05, 0) is 43.2 Å². The van der Waals surface area contributed by atoms with E-state index in [4.69, 9.17) is 0 Å². The second-order valence-electron chi connectivity index (χ2n) is 7.90. The van der Waals surface area contributed by atoms with E-state index >= 15 is 0 Å². The molecule has 0 aromatic heterocycles. The minimum atomic E-state index is -1.15. The molecule has 2 amide bonds. The Hall–Kier alpha value is -3.40. The molecule has 1 atom stereocenters. The largest absolute Gasteiger partial charge is 0.290 e. The van der Waals surface area contributed by atoms with E-state index in [9.17, 15) is 9.59 Å². The molecule has 0 spiro atoms. The summed E-state index contributed by atoms with van der Waals surface area (Å²) in [7, 11) is 0. The van der Waals surface area contributed by atoms with Gasteiger partial charge in [0.1, 0.15) is 11.6 Å². The Morgan fingerprint density at radius 2 is 1.10 bits per heavy atom. The van der Waals surface area contributed by atoms with Crippen LogP contribution in [-0.4, -0.2) is 18.0 Å². The van der Waals surface area contributed by atoms with E-state index in [-0.39, 0.29) is 23.9 Å². The summed E-state index contributed by atoms with van der Waals surface area (Å²) >= 11 is 0. The number of hydrogen-bond donors (Lipinski definition) is 0. The zero-order valence-corrected chi connectivity index (χ0v) is 16.2. The zero-order valence-electron chi connectivity index (χ0n) is 16.2. The summed E-state index contributed by atoms with van der Waals surface area (Å²) in [5, 5.41) is 0. The van der Waals surface area contributed by atoms with Crippen LogP contribution in [0.5, 0.6) is 0 Å². The average Bonchev–Trinajstić information content (AvgIpc) is 2.77. The van der Waals surface area contributed by atoms with Gasteiger partial charge in [0, 0.05) is 17.3 Å². The van der Waals surface area contributed by atoms with Crippen molar-refractivity contribution in [1.82, 2.24) is 0 Å². The highest BCUT2D eigenvalue weighted by molar-refractivity contribution is 6.21. The number of rotatable bonds is 3. The molecule has 144 valence electrons. The Morgan fingerprint density at radius 3 is 1.55 bits per heavy atom. The lowest BCUT2D eigenvalue weighted by molar-refractivity contribution is -0.148. The van der Waals surface area contributed by atoms with Gasteiger partial charge in [-0.2, -0.15) is 0 Å². The van der Waals surface area contributed by atoms with E-state index in [1.165, 1.54) is 0 Å². The normalized spacial score (nSPS) is 26.1. The van der Waals surface area contributed by atoms with Crippen LogP contribution in [0, 0.1) is 5.41 Å². The molecule has 3 aromatic rings. The third kappa shape index (κ3) is 2.52.